The fraction of sp³-hybridized carbons (Fsp3) is 0.688. The third-order valence-corrected chi connectivity index (χ3v) is 6.58. The van der Waals surface area contributed by atoms with Gasteiger partial charge in [0.25, 0.3) is 0 Å². The first-order valence-electron chi connectivity index (χ1n) is 7.85. The van der Waals surface area contributed by atoms with Crippen molar-refractivity contribution in [3.8, 4) is 0 Å². The number of hydrogen-bond acceptors (Lipinski definition) is 6. The van der Waals surface area contributed by atoms with Crippen LogP contribution in [-0.4, -0.2) is 36.7 Å². The highest BCUT2D eigenvalue weighted by atomic mass is 32.2. The van der Waals surface area contributed by atoms with Crippen LogP contribution in [0.5, 0.6) is 0 Å². The van der Waals surface area contributed by atoms with E-state index >= 15 is 0 Å². The van der Waals surface area contributed by atoms with Crippen molar-refractivity contribution in [2.24, 2.45) is 23.2 Å². The van der Waals surface area contributed by atoms with Crippen LogP contribution >= 0.6 is 0 Å². The van der Waals surface area contributed by atoms with Crippen molar-refractivity contribution in [3.05, 3.63) is 18.0 Å². The van der Waals surface area contributed by atoms with Gasteiger partial charge in [0.2, 0.25) is 15.0 Å². The molecule has 3 fully saturated rings. The van der Waals surface area contributed by atoms with E-state index in [1.165, 1.54) is 18.7 Å². The molecule has 0 spiro atoms. The lowest BCUT2D eigenvalue weighted by molar-refractivity contribution is -0.156. The average molecular weight is 338 g/mol. The van der Waals surface area contributed by atoms with Gasteiger partial charge in [0.1, 0.15) is 6.10 Å². The number of nitrogens with zero attached hydrogens (tertiary/aromatic N) is 2. The Kier molecular flexibility index (Phi) is 3.74. The van der Waals surface area contributed by atoms with Gasteiger partial charge >= 0.3 is 5.97 Å². The Morgan fingerprint density at radius 1 is 1.35 bits per heavy atom. The van der Waals surface area contributed by atoms with Gasteiger partial charge in [0.15, 0.2) is 5.69 Å². The van der Waals surface area contributed by atoms with E-state index in [-0.39, 0.29) is 17.0 Å². The zero-order valence-corrected chi connectivity index (χ0v) is 14.6. The summed E-state index contributed by atoms with van der Waals surface area (Å²) in [5.41, 5.74) is 0.312. The van der Waals surface area contributed by atoms with Crippen molar-refractivity contribution in [3.63, 3.8) is 0 Å². The fourth-order valence-electron chi connectivity index (χ4n) is 4.09. The molecule has 3 saturated carbocycles. The molecule has 4 rings (SSSR count). The molecule has 126 valence electrons. The molecule has 0 aromatic carbocycles. The summed E-state index contributed by atoms with van der Waals surface area (Å²) in [4.78, 5) is 19.8. The zero-order chi connectivity index (χ0) is 17.0. The van der Waals surface area contributed by atoms with Crippen molar-refractivity contribution >= 4 is 15.8 Å². The summed E-state index contributed by atoms with van der Waals surface area (Å²) in [7, 11) is -3.55. The Hall–Kier alpha value is -1.50. The number of fused-ring (bicyclic) bond motifs is 2. The summed E-state index contributed by atoms with van der Waals surface area (Å²) < 4.78 is 28.6. The molecule has 0 aliphatic heterocycles. The quantitative estimate of drug-likeness (QED) is 0.620. The van der Waals surface area contributed by atoms with Gasteiger partial charge in [-0.1, -0.05) is 20.8 Å². The van der Waals surface area contributed by atoms with Crippen LogP contribution in [0.4, 0.5) is 0 Å². The van der Waals surface area contributed by atoms with E-state index in [9.17, 15) is 13.2 Å². The smallest absolute Gasteiger partial charge is 0.357 e. The Labute approximate surface area is 136 Å². The Morgan fingerprint density at radius 3 is 2.61 bits per heavy atom. The number of aromatic nitrogens is 2. The molecular formula is C16H22N2O4S. The summed E-state index contributed by atoms with van der Waals surface area (Å²) in [5.74, 6) is 0.873. The lowest BCUT2D eigenvalue weighted by Gasteiger charge is -2.61. The predicted octanol–water partition coefficient (Wildman–Crippen LogP) is 2.11. The van der Waals surface area contributed by atoms with Gasteiger partial charge in [0, 0.05) is 12.5 Å². The van der Waals surface area contributed by atoms with Gasteiger partial charge in [-0.3, -0.25) is 0 Å². The Bertz CT molecular complexity index is 744. The molecule has 1 heterocycles. The van der Waals surface area contributed by atoms with Gasteiger partial charge in [-0.15, -0.1) is 0 Å². The second kappa shape index (κ2) is 5.26. The third-order valence-electron chi connectivity index (χ3n) is 5.72. The molecule has 0 N–H and O–H groups in total. The van der Waals surface area contributed by atoms with E-state index in [4.69, 9.17) is 4.74 Å². The fourth-order valence-corrected chi connectivity index (χ4v) is 4.61. The monoisotopic (exact) mass is 338 g/mol. The average Bonchev–Trinajstić information content (AvgIpc) is 2.48. The van der Waals surface area contributed by atoms with Gasteiger partial charge in [-0.25, -0.2) is 23.2 Å². The molecule has 6 nitrogen and oxygen atoms in total. The van der Waals surface area contributed by atoms with E-state index in [0.717, 1.165) is 12.7 Å². The van der Waals surface area contributed by atoms with Crippen molar-refractivity contribution in [1.29, 1.82) is 0 Å². The molecule has 4 atom stereocenters. The van der Waals surface area contributed by atoms with Crippen molar-refractivity contribution < 1.29 is 17.9 Å². The molecule has 2 bridgehead atoms. The molecule has 7 heteroatoms. The molecule has 1 aromatic rings. The number of ether oxygens (including phenoxy) is 1. The SMILES string of the molecule is C[C@H]1[C@H]2C[C@H](C[C@H]1OC(=O)c1ccnc(S(C)(=O)=O)n1)C2(C)C. The number of esters is 1. The maximum atomic E-state index is 12.3. The highest BCUT2D eigenvalue weighted by Gasteiger charge is 2.57. The summed E-state index contributed by atoms with van der Waals surface area (Å²) in [6.07, 6.45) is 4.21. The van der Waals surface area contributed by atoms with E-state index in [1.54, 1.807) is 0 Å². The Balaban J connectivity index is 1.74. The molecule has 0 saturated heterocycles. The lowest BCUT2D eigenvalue weighted by Crippen LogP contribution is -2.57. The number of rotatable bonds is 3. The summed E-state index contributed by atoms with van der Waals surface area (Å²) in [6, 6.07) is 1.38. The van der Waals surface area contributed by atoms with Crippen molar-refractivity contribution in [2.45, 2.75) is 44.9 Å². The van der Waals surface area contributed by atoms with Gasteiger partial charge in [0.05, 0.1) is 0 Å². The minimum absolute atomic E-state index is 0.00821. The van der Waals surface area contributed by atoms with Crippen LogP contribution in [0.15, 0.2) is 17.4 Å². The zero-order valence-electron chi connectivity index (χ0n) is 13.8. The van der Waals surface area contributed by atoms with E-state index in [2.05, 4.69) is 30.7 Å². The van der Waals surface area contributed by atoms with Crippen LogP contribution < -0.4 is 0 Å². The summed E-state index contributed by atoms with van der Waals surface area (Å²) in [5, 5.41) is -0.354. The first-order valence-corrected chi connectivity index (χ1v) is 9.74. The topological polar surface area (TPSA) is 86.2 Å². The maximum absolute atomic E-state index is 12.3. The highest BCUT2D eigenvalue weighted by molar-refractivity contribution is 7.90. The van der Waals surface area contributed by atoms with Crippen LogP contribution in [0.1, 0.15) is 44.1 Å². The summed E-state index contributed by atoms with van der Waals surface area (Å²) >= 11 is 0. The van der Waals surface area contributed by atoms with Crippen LogP contribution in [-0.2, 0) is 14.6 Å². The second-order valence-electron chi connectivity index (χ2n) is 7.40. The first-order chi connectivity index (χ1) is 10.6. The number of carbonyl (C=O) groups is 1. The third kappa shape index (κ3) is 2.75. The number of hydrogen-bond donors (Lipinski definition) is 0. The van der Waals surface area contributed by atoms with E-state index in [1.807, 2.05) is 0 Å². The second-order valence-corrected chi connectivity index (χ2v) is 9.31. The normalized spacial score (nSPS) is 32.0. The number of sulfone groups is 1. The minimum Gasteiger partial charge on any atom is -0.457 e. The number of carbonyl (C=O) groups excluding carboxylic acids is 1. The molecule has 23 heavy (non-hydrogen) atoms. The summed E-state index contributed by atoms with van der Waals surface area (Å²) in [6.45, 7) is 6.69. The molecule has 3 aliphatic carbocycles. The van der Waals surface area contributed by atoms with Gasteiger partial charge in [-0.2, -0.15) is 0 Å². The van der Waals surface area contributed by atoms with E-state index in [0.29, 0.717) is 23.2 Å². The van der Waals surface area contributed by atoms with Crippen LogP contribution in [0, 0.1) is 23.2 Å². The molecule has 0 unspecified atom stereocenters. The van der Waals surface area contributed by atoms with Crippen molar-refractivity contribution in [1.82, 2.24) is 9.97 Å². The molecule has 0 radical (unpaired) electrons. The first kappa shape index (κ1) is 16.4. The van der Waals surface area contributed by atoms with Crippen LogP contribution in [0.25, 0.3) is 0 Å². The van der Waals surface area contributed by atoms with Gasteiger partial charge in [-0.05, 0) is 42.1 Å². The van der Waals surface area contributed by atoms with Gasteiger partial charge < -0.3 is 4.74 Å². The molecule has 0 amide bonds. The molecule has 3 aliphatic rings. The molecule has 1 aromatic heterocycles. The predicted molar refractivity (Wildman–Crippen MR) is 83.5 cm³/mol. The minimum atomic E-state index is -3.55. The largest absolute Gasteiger partial charge is 0.457 e. The molecular weight excluding hydrogens is 316 g/mol. The Morgan fingerprint density at radius 2 is 2.04 bits per heavy atom. The van der Waals surface area contributed by atoms with Crippen LogP contribution in [0.3, 0.4) is 0 Å². The van der Waals surface area contributed by atoms with Crippen molar-refractivity contribution in [2.75, 3.05) is 6.26 Å². The van der Waals surface area contributed by atoms with Crippen LogP contribution in [0.2, 0.25) is 0 Å². The lowest BCUT2D eigenvalue weighted by atomic mass is 9.45. The van der Waals surface area contributed by atoms with E-state index < -0.39 is 15.8 Å². The standard InChI is InChI=1S/C16H22N2O4S/c1-9-11-7-10(16(11,2)3)8-13(9)22-14(19)12-5-6-17-15(18-12)23(4,20)21/h5-6,9-11,13H,7-8H2,1-4H3/t9-,10+,11+,13+/m0/s1. The maximum Gasteiger partial charge on any atom is 0.357 e. The highest BCUT2D eigenvalue weighted by Crippen LogP contribution is 2.61.